The largest absolute Gasteiger partial charge is 0.351 e. The maximum absolute atomic E-state index is 13.4. The predicted octanol–water partition coefficient (Wildman–Crippen LogP) is 2.91. The first-order valence-corrected chi connectivity index (χ1v) is 6.89. The second-order valence-corrected chi connectivity index (χ2v) is 6.48. The van der Waals surface area contributed by atoms with E-state index in [4.69, 9.17) is 0 Å². The number of nitrogens with one attached hydrogen (secondary N) is 1. The fourth-order valence-corrected chi connectivity index (χ4v) is 2.45. The molecular formula is C14H20BrFN2O. The molecule has 5 heteroatoms. The van der Waals surface area contributed by atoms with Gasteiger partial charge in [0, 0.05) is 13.1 Å². The number of carbonyl (C=O) groups is 1. The molecule has 0 spiro atoms. The minimum Gasteiger partial charge on any atom is -0.351 e. The van der Waals surface area contributed by atoms with E-state index in [0.717, 1.165) is 6.54 Å². The molecule has 1 aromatic rings. The van der Waals surface area contributed by atoms with Crippen LogP contribution in [0.3, 0.4) is 0 Å². The number of halogens is 2. The van der Waals surface area contributed by atoms with Crippen molar-refractivity contribution < 1.29 is 9.18 Å². The third kappa shape index (κ3) is 4.91. The molecule has 0 bridgehead atoms. The van der Waals surface area contributed by atoms with Crippen molar-refractivity contribution in [2.45, 2.75) is 13.8 Å². The normalized spacial score (nSPS) is 11.7. The number of carbonyl (C=O) groups excluding carboxylic acids is 1. The molecule has 0 atom stereocenters. The Bertz CT molecular complexity index is 461. The van der Waals surface area contributed by atoms with E-state index in [1.807, 2.05) is 14.1 Å². The zero-order valence-corrected chi connectivity index (χ0v) is 13.3. The topological polar surface area (TPSA) is 32.3 Å². The molecule has 0 fully saturated rings. The summed E-state index contributed by atoms with van der Waals surface area (Å²) < 4.78 is 13.6. The van der Waals surface area contributed by atoms with Gasteiger partial charge in [0.2, 0.25) is 0 Å². The SMILES string of the molecule is CN(C)CC(C)(C)CNC(=O)c1cccc(F)c1Br. The van der Waals surface area contributed by atoms with Crippen LogP contribution in [0.2, 0.25) is 0 Å². The van der Waals surface area contributed by atoms with Gasteiger partial charge in [-0.3, -0.25) is 4.79 Å². The molecule has 0 aromatic heterocycles. The summed E-state index contributed by atoms with van der Waals surface area (Å²) in [6.45, 7) is 5.55. The van der Waals surface area contributed by atoms with Crippen molar-refractivity contribution in [3.8, 4) is 0 Å². The van der Waals surface area contributed by atoms with Gasteiger partial charge in [-0.1, -0.05) is 19.9 Å². The molecular weight excluding hydrogens is 311 g/mol. The quantitative estimate of drug-likeness (QED) is 0.900. The zero-order chi connectivity index (χ0) is 14.6. The van der Waals surface area contributed by atoms with Crippen molar-refractivity contribution in [3.63, 3.8) is 0 Å². The van der Waals surface area contributed by atoms with Gasteiger partial charge in [-0.25, -0.2) is 4.39 Å². The average molecular weight is 331 g/mol. The standard InChI is InChI=1S/C14H20BrFN2O/c1-14(2,9-18(3)4)8-17-13(19)10-6-5-7-11(16)12(10)15/h5-7H,8-9H2,1-4H3,(H,17,19). The van der Waals surface area contributed by atoms with Crippen molar-refractivity contribution in [1.29, 1.82) is 0 Å². The number of nitrogens with zero attached hydrogens (tertiary/aromatic N) is 1. The van der Waals surface area contributed by atoms with Gasteiger partial charge in [-0.2, -0.15) is 0 Å². The number of hydrogen-bond donors (Lipinski definition) is 1. The van der Waals surface area contributed by atoms with E-state index >= 15 is 0 Å². The smallest absolute Gasteiger partial charge is 0.252 e. The van der Waals surface area contributed by atoms with Gasteiger partial charge in [-0.05, 0) is 47.6 Å². The summed E-state index contributed by atoms with van der Waals surface area (Å²) in [4.78, 5) is 14.1. The van der Waals surface area contributed by atoms with Gasteiger partial charge in [0.1, 0.15) is 5.82 Å². The van der Waals surface area contributed by atoms with E-state index in [1.54, 1.807) is 6.07 Å². The molecule has 19 heavy (non-hydrogen) atoms. The van der Waals surface area contributed by atoms with Crippen LogP contribution in [0.4, 0.5) is 4.39 Å². The van der Waals surface area contributed by atoms with Crippen LogP contribution in [0.5, 0.6) is 0 Å². The molecule has 106 valence electrons. The van der Waals surface area contributed by atoms with Gasteiger partial charge >= 0.3 is 0 Å². The Hall–Kier alpha value is -0.940. The highest BCUT2D eigenvalue weighted by Crippen LogP contribution is 2.21. The van der Waals surface area contributed by atoms with E-state index in [2.05, 4.69) is 40.0 Å². The van der Waals surface area contributed by atoms with Crippen LogP contribution in [0.1, 0.15) is 24.2 Å². The van der Waals surface area contributed by atoms with Crippen LogP contribution in [0.15, 0.2) is 22.7 Å². The summed E-state index contributed by atoms with van der Waals surface area (Å²) in [6, 6.07) is 4.44. The van der Waals surface area contributed by atoms with Crippen LogP contribution < -0.4 is 5.32 Å². The second-order valence-electron chi connectivity index (χ2n) is 5.69. The maximum Gasteiger partial charge on any atom is 0.252 e. The molecule has 0 saturated carbocycles. The fraction of sp³-hybridized carbons (Fsp3) is 0.500. The van der Waals surface area contributed by atoms with Gasteiger partial charge in [0.05, 0.1) is 10.0 Å². The second kappa shape index (κ2) is 6.48. The van der Waals surface area contributed by atoms with Gasteiger partial charge < -0.3 is 10.2 Å². The van der Waals surface area contributed by atoms with Crippen LogP contribution in [-0.4, -0.2) is 38.0 Å². The molecule has 0 saturated heterocycles. The molecule has 0 aliphatic heterocycles. The van der Waals surface area contributed by atoms with E-state index in [-0.39, 0.29) is 15.8 Å². The third-order valence-electron chi connectivity index (χ3n) is 2.67. The van der Waals surface area contributed by atoms with E-state index in [1.165, 1.54) is 12.1 Å². The first-order chi connectivity index (χ1) is 8.73. The molecule has 1 N–H and O–H groups in total. The number of benzene rings is 1. The lowest BCUT2D eigenvalue weighted by molar-refractivity contribution is 0.0928. The van der Waals surface area contributed by atoms with Crippen molar-refractivity contribution in [3.05, 3.63) is 34.1 Å². The molecule has 0 heterocycles. The maximum atomic E-state index is 13.4. The summed E-state index contributed by atoms with van der Waals surface area (Å²) >= 11 is 3.10. The number of amides is 1. The lowest BCUT2D eigenvalue weighted by Gasteiger charge is -2.28. The monoisotopic (exact) mass is 330 g/mol. The van der Waals surface area contributed by atoms with E-state index in [9.17, 15) is 9.18 Å². The van der Waals surface area contributed by atoms with Crippen molar-refractivity contribution in [2.75, 3.05) is 27.2 Å². The van der Waals surface area contributed by atoms with Crippen LogP contribution >= 0.6 is 15.9 Å². The number of hydrogen-bond acceptors (Lipinski definition) is 2. The Kier molecular flexibility index (Phi) is 5.50. The molecule has 3 nitrogen and oxygen atoms in total. The Morgan fingerprint density at radius 2 is 2.05 bits per heavy atom. The lowest BCUT2D eigenvalue weighted by Crippen LogP contribution is -2.40. The zero-order valence-electron chi connectivity index (χ0n) is 11.8. The Balaban J connectivity index is 2.68. The van der Waals surface area contributed by atoms with Gasteiger partial charge in [0.25, 0.3) is 5.91 Å². The Labute approximate surface area is 122 Å². The minimum absolute atomic E-state index is 0.0427. The Morgan fingerprint density at radius 3 is 2.63 bits per heavy atom. The van der Waals surface area contributed by atoms with Crippen LogP contribution in [0.25, 0.3) is 0 Å². The summed E-state index contributed by atoms with van der Waals surface area (Å²) in [6.07, 6.45) is 0. The average Bonchev–Trinajstić information content (AvgIpc) is 2.28. The fourth-order valence-electron chi connectivity index (χ4n) is 2.01. The molecule has 1 rings (SSSR count). The van der Waals surface area contributed by atoms with Crippen molar-refractivity contribution >= 4 is 21.8 Å². The predicted molar refractivity (Wildman–Crippen MR) is 78.8 cm³/mol. The highest BCUT2D eigenvalue weighted by atomic mass is 79.9. The lowest BCUT2D eigenvalue weighted by atomic mass is 9.93. The molecule has 0 unspecified atom stereocenters. The highest BCUT2D eigenvalue weighted by Gasteiger charge is 2.21. The summed E-state index contributed by atoms with van der Waals surface area (Å²) in [7, 11) is 3.99. The summed E-state index contributed by atoms with van der Waals surface area (Å²) in [5, 5.41) is 2.85. The van der Waals surface area contributed by atoms with E-state index < -0.39 is 5.82 Å². The van der Waals surface area contributed by atoms with Crippen LogP contribution in [0, 0.1) is 11.2 Å². The van der Waals surface area contributed by atoms with E-state index in [0.29, 0.717) is 12.1 Å². The Morgan fingerprint density at radius 1 is 1.42 bits per heavy atom. The molecule has 1 aromatic carbocycles. The molecule has 0 aliphatic rings. The number of rotatable bonds is 5. The van der Waals surface area contributed by atoms with Crippen molar-refractivity contribution in [1.82, 2.24) is 10.2 Å². The summed E-state index contributed by atoms with van der Waals surface area (Å²) in [5.41, 5.74) is 0.277. The molecule has 0 radical (unpaired) electrons. The third-order valence-corrected chi connectivity index (χ3v) is 3.47. The first kappa shape index (κ1) is 16.1. The highest BCUT2D eigenvalue weighted by molar-refractivity contribution is 9.10. The molecule has 1 amide bonds. The first-order valence-electron chi connectivity index (χ1n) is 6.10. The van der Waals surface area contributed by atoms with Gasteiger partial charge in [0.15, 0.2) is 0 Å². The van der Waals surface area contributed by atoms with Crippen molar-refractivity contribution in [2.24, 2.45) is 5.41 Å². The van der Waals surface area contributed by atoms with Crippen LogP contribution in [-0.2, 0) is 0 Å². The molecule has 0 aliphatic carbocycles. The summed E-state index contributed by atoms with van der Waals surface area (Å²) in [5.74, 6) is -0.696. The van der Waals surface area contributed by atoms with Gasteiger partial charge in [-0.15, -0.1) is 0 Å². The minimum atomic E-state index is -0.430.